The van der Waals surface area contributed by atoms with Crippen LogP contribution in [-0.4, -0.2) is 191 Å². The molecule has 3 amide bonds. The number of likely N-dealkylation sites (N-methyl/N-ethyl adjacent to an activating group) is 1. The van der Waals surface area contributed by atoms with E-state index in [0.717, 1.165) is 24.9 Å². The number of nitrogens with one attached hydrogen (secondary N) is 2. The van der Waals surface area contributed by atoms with E-state index in [1.165, 1.54) is 28.7 Å². The van der Waals surface area contributed by atoms with Gasteiger partial charge in [-0.15, -0.1) is 0 Å². The molecule has 1 aliphatic carbocycles. The minimum atomic E-state index is -4.64. The molecule has 2 N–H and O–H groups in total. The highest BCUT2D eigenvalue weighted by atomic mass is 19.4. The second kappa shape index (κ2) is 22.0. The van der Waals surface area contributed by atoms with Crippen molar-refractivity contribution in [2.24, 2.45) is 22.7 Å². The number of pyridine rings is 1. The highest BCUT2D eigenvalue weighted by Crippen LogP contribution is 2.49. The summed E-state index contributed by atoms with van der Waals surface area (Å²) >= 11 is 0. The van der Waals surface area contributed by atoms with E-state index >= 15 is 22.8 Å². The molecular weight excluding hydrogens is 1060 g/mol. The molecule has 8 aliphatic rings. The first kappa shape index (κ1) is 56.7. The Morgan fingerprint density at radius 1 is 0.988 bits per heavy atom. The lowest BCUT2D eigenvalue weighted by atomic mass is 9.84. The molecule has 1 aromatic carbocycles. The number of anilines is 1. The summed E-state index contributed by atoms with van der Waals surface area (Å²) in [5, 5.41) is 5.21. The van der Waals surface area contributed by atoms with Crippen LogP contribution in [0.5, 0.6) is 0 Å². The number of ether oxygens (including phenoxy) is 2. The zero-order valence-corrected chi connectivity index (χ0v) is 48.4. The fourth-order valence-electron chi connectivity index (χ4n) is 14.3. The van der Waals surface area contributed by atoms with E-state index in [1.807, 2.05) is 46.8 Å². The van der Waals surface area contributed by atoms with Gasteiger partial charge in [0, 0.05) is 105 Å². The molecule has 3 aromatic heterocycles. The maximum absolute atomic E-state index is 15.5. The van der Waals surface area contributed by atoms with Crippen molar-refractivity contribution >= 4 is 34.3 Å². The molecule has 10 heterocycles. The molecule has 6 bridgehead atoms. The topological polar surface area (TPSA) is 186 Å². The number of morpholine rings is 1. The lowest BCUT2D eigenvalue weighted by Crippen LogP contribution is -2.65. The third-order valence-corrected chi connectivity index (χ3v) is 18.9. The van der Waals surface area contributed by atoms with E-state index in [9.17, 15) is 9.70 Å². The van der Waals surface area contributed by atoms with Crippen molar-refractivity contribution in [3.8, 4) is 22.5 Å². The monoisotopic (exact) mass is 1140 g/mol. The number of benzene rings is 1. The predicted octanol–water partition coefficient (Wildman–Crippen LogP) is 6.48. The van der Waals surface area contributed by atoms with Gasteiger partial charge in [0.25, 0.3) is 5.91 Å². The van der Waals surface area contributed by atoms with Crippen LogP contribution in [0.15, 0.2) is 41.1 Å². The van der Waals surface area contributed by atoms with E-state index in [4.69, 9.17) is 28.7 Å². The Labute approximate surface area is 476 Å². The highest BCUT2D eigenvalue weighted by molar-refractivity contribution is 5.96. The van der Waals surface area contributed by atoms with Crippen molar-refractivity contribution in [1.29, 1.82) is 0 Å². The number of aromatic nitrogens is 3. The average molecular weight is 1140 g/mol. The van der Waals surface area contributed by atoms with Crippen LogP contribution in [0, 0.1) is 27.6 Å². The molecule has 7 aliphatic heterocycles. The number of carbonyl (C=O) groups is 3. The first-order chi connectivity index (χ1) is 39.2. The zero-order valence-electron chi connectivity index (χ0n) is 48.4. The molecule has 12 rings (SSSR count). The number of rotatable bonds is 12. The van der Waals surface area contributed by atoms with E-state index in [0.29, 0.717) is 140 Å². The van der Waals surface area contributed by atoms with Crippen molar-refractivity contribution in [2.45, 2.75) is 141 Å². The Bertz CT molecular complexity index is 3080. The first-order valence-electron chi connectivity index (χ1n) is 29.7. The number of nitrogens with zero attached hydrogens (tertiary/aromatic N) is 10. The largest absolute Gasteiger partial charge is 0.446 e. The van der Waals surface area contributed by atoms with Gasteiger partial charge in [-0.1, -0.05) is 33.8 Å². The van der Waals surface area contributed by atoms with Gasteiger partial charge in [0.15, 0.2) is 6.61 Å². The molecule has 9 atom stereocenters. The molecule has 82 heavy (non-hydrogen) atoms. The maximum atomic E-state index is 15.5. The minimum absolute atomic E-state index is 0.0358. The van der Waals surface area contributed by atoms with Gasteiger partial charge in [-0.2, -0.15) is 18.6 Å². The van der Waals surface area contributed by atoms with Crippen LogP contribution < -0.4 is 15.6 Å². The third-order valence-electron chi connectivity index (χ3n) is 18.9. The smallest absolute Gasteiger partial charge is 0.406 e. The van der Waals surface area contributed by atoms with Crippen molar-refractivity contribution in [3.63, 3.8) is 0 Å². The summed E-state index contributed by atoms with van der Waals surface area (Å²) in [5.74, 6) is 0.0834. The number of carbonyl (C=O) groups excluding carboxylic acids is 3. The highest BCUT2D eigenvalue weighted by Gasteiger charge is 2.59. The van der Waals surface area contributed by atoms with Gasteiger partial charge in [0.2, 0.25) is 22.6 Å². The maximum Gasteiger partial charge on any atom is 0.406 e. The van der Waals surface area contributed by atoms with Gasteiger partial charge < -0.3 is 33.6 Å². The molecule has 0 radical (unpaired) electrons. The predicted molar refractivity (Wildman–Crippen MR) is 297 cm³/mol. The van der Waals surface area contributed by atoms with Gasteiger partial charge in [0.1, 0.15) is 36.6 Å². The molecule has 1 unspecified atom stereocenters. The summed E-state index contributed by atoms with van der Waals surface area (Å²) in [6.07, 6.45) is 2.87. The number of alkyl halides is 3. The van der Waals surface area contributed by atoms with Crippen LogP contribution in [0.3, 0.4) is 0 Å². The van der Waals surface area contributed by atoms with Gasteiger partial charge in [0.05, 0.1) is 53.5 Å². The molecule has 6 saturated heterocycles. The van der Waals surface area contributed by atoms with E-state index < -0.39 is 54.4 Å². The van der Waals surface area contributed by atoms with E-state index in [2.05, 4.69) is 42.3 Å². The number of hydrazine groups is 1. The van der Waals surface area contributed by atoms with Crippen LogP contribution in [0.4, 0.5) is 18.9 Å². The van der Waals surface area contributed by atoms with Crippen LogP contribution in [0.1, 0.15) is 109 Å². The molecule has 20 nitrogen and oxygen atoms in total. The number of likely N-dealkylation sites (tertiary alicyclic amines) is 3. The van der Waals surface area contributed by atoms with Crippen LogP contribution >= 0.6 is 0 Å². The van der Waals surface area contributed by atoms with Crippen molar-refractivity contribution < 1.29 is 51.2 Å². The van der Waals surface area contributed by atoms with Crippen LogP contribution in [-0.2, 0) is 41.7 Å². The summed E-state index contributed by atoms with van der Waals surface area (Å²) in [6, 6.07) is 4.73. The molecule has 1 saturated carbocycles. The summed E-state index contributed by atoms with van der Waals surface area (Å²) in [4.78, 5) is 86.2. The summed E-state index contributed by atoms with van der Waals surface area (Å²) in [5.41, 5.74) is 6.01. The second-order valence-electron chi connectivity index (χ2n) is 25.8. The summed E-state index contributed by atoms with van der Waals surface area (Å²) in [7, 11) is 3.60. The Balaban J connectivity index is 0.923. The molecule has 23 heteroatoms. The van der Waals surface area contributed by atoms with Crippen LogP contribution in [0.2, 0.25) is 0 Å². The van der Waals surface area contributed by atoms with E-state index in [-0.39, 0.29) is 54.7 Å². The van der Waals surface area contributed by atoms with Crippen molar-refractivity contribution in [2.75, 3.05) is 97.8 Å². The number of hydrogen-bond donors (Lipinski definition) is 2. The zero-order chi connectivity index (χ0) is 57.6. The van der Waals surface area contributed by atoms with Crippen molar-refractivity contribution in [3.05, 3.63) is 58.8 Å². The quantitative estimate of drug-likeness (QED) is 0.147. The number of methoxy groups -OCH3 is 1. The fraction of sp³-hybridized carbons (Fsp3) is 0.678. The normalized spacial score (nSPS) is 29.0. The Morgan fingerprint density at radius 2 is 1.76 bits per heavy atom. The third kappa shape index (κ3) is 11.0. The Hall–Kier alpha value is -5.72. The SMILES string of the molecule is CO[C@@H](C)c1ncc(N2CCOCC2)cc1-c1c2c3cc(ccc3n1CC(F)(F)F)-c1coc(n1)[C@@H](N1CCC1)[C@H](NC(=O)[C@H](C(C)C)N1CC[C@]3(CCN(C(=O)[C@H]4[C@@H](C5CC5)N4C)C3)C1)C(=O)N1CCC[C@H](N1)[N+](=O)OCC(C)(C)C2. The van der Waals surface area contributed by atoms with Crippen molar-refractivity contribution in [1.82, 2.24) is 49.9 Å². The van der Waals surface area contributed by atoms with Gasteiger partial charge in [-0.05, 0) is 101 Å². The molecule has 1 spiro atoms. The van der Waals surface area contributed by atoms with Gasteiger partial charge in [-0.25, -0.2) is 9.82 Å². The first-order valence-corrected chi connectivity index (χ1v) is 29.7. The Morgan fingerprint density at radius 3 is 2.46 bits per heavy atom. The number of fused-ring (bicyclic) bond motifs is 6. The molecule has 7 fully saturated rings. The number of oxazole rings is 1. The minimum Gasteiger partial charge on any atom is -0.446 e. The van der Waals surface area contributed by atoms with Gasteiger partial charge in [-0.3, -0.25) is 39.1 Å². The second-order valence-corrected chi connectivity index (χ2v) is 25.8. The van der Waals surface area contributed by atoms with Crippen LogP contribution in [0.25, 0.3) is 33.4 Å². The van der Waals surface area contributed by atoms with E-state index in [1.54, 1.807) is 25.4 Å². The molecule has 444 valence electrons. The fourth-order valence-corrected chi connectivity index (χ4v) is 14.3. The number of hydrogen-bond acceptors (Lipinski definition) is 15. The molecule has 4 aromatic rings. The molecular formula is C59H80F3N12O8+. The summed E-state index contributed by atoms with van der Waals surface area (Å²) in [6.45, 7) is 14.4. The number of halogens is 3. The lowest BCUT2D eigenvalue weighted by molar-refractivity contribution is -0.835. The Kier molecular flexibility index (Phi) is 15.3. The standard InChI is InChI=1S/C59H79F3N12O8/c1-35(2)48(70-20-15-58(31-70)16-21-71(32-58)56(77)52-49(67(52)6)37-11-12-37)53(75)65-47-51(69-17-9-18-69)54-64-43(30-81-54)38-13-14-44-40(26-38)42(28-57(4,5)34-82-74(78)45-10-8-19-73(66-45)55(47)76)50(72(44)33-59(60,61)62)41-27-39(68-22-24-80-25-23-68)29-63-46(41)36(3)79-7/h13-14,26-27,29-30,35-37,45,47-49,51-52,66H,8-12,15-25,28,31-34H2,1-7H3/p+1/t36-,45+,47-,48-,49+,51-,52+,58-,67?/m0/s1. The lowest BCUT2D eigenvalue weighted by Gasteiger charge is -2.42. The summed E-state index contributed by atoms with van der Waals surface area (Å²) < 4.78 is 64.8. The number of amides is 3. The van der Waals surface area contributed by atoms with Gasteiger partial charge >= 0.3 is 12.3 Å². The average Bonchev–Trinajstić information content (AvgIpc) is 3.31.